The molecule has 2 N–H and O–H groups in total. The van der Waals surface area contributed by atoms with E-state index in [9.17, 15) is 14.9 Å². The highest BCUT2D eigenvalue weighted by molar-refractivity contribution is 8.03. The number of nitrogens with one attached hydrogen (secondary N) is 2. The molecule has 160 valence electrons. The van der Waals surface area contributed by atoms with Gasteiger partial charge in [-0.15, -0.1) is 11.8 Å². The number of nitrogens with zero attached hydrogens (tertiary/aromatic N) is 1. The van der Waals surface area contributed by atoms with Crippen LogP contribution in [0.1, 0.15) is 36.0 Å². The van der Waals surface area contributed by atoms with Gasteiger partial charge >= 0.3 is 0 Å². The molecule has 7 heteroatoms. The largest absolute Gasteiger partial charge is 0.325 e. The predicted molar refractivity (Wildman–Crippen MR) is 128 cm³/mol. The van der Waals surface area contributed by atoms with Crippen LogP contribution in [0.3, 0.4) is 0 Å². The van der Waals surface area contributed by atoms with Crippen LogP contribution >= 0.6 is 23.5 Å². The first kappa shape index (κ1) is 23.0. The number of anilines is 1. The van der Waals surface area contributed by atoms with E-state index in [1.807, 2.05) is 62.6 Å². The lowest BCUT2D eigenvalue weighted by Gasteiger charge is -2.25. The maximum absolute atomic E-state index is 12.6. The number of allylic oxidation sites excluding steroid dienone is 1. The molecule has 0 saturated heterocycles. The minimum atomic E-state index is -0.303. The first-order chi connectivity index (χ1) is 15.0. The van der Waals surface area contributed by atoms with E-state index in [2.05, 4.69) is 16.7 Å². The highest BCUT2D eigenvalue weighted by atomic mass is 32.2. The number of carbonyl (C=O) groups is 2. The van der Waals surface area contributed by atoms with Crippen molar-refractivity contribution in [1.29, 1.82) is 5.26 Å². The van der Waals surface area contributed by atoms with E-state index >= 15 is 0 Å². The molecule has 0 saturated carbocycles. The zero-order valence-electron chi connectivity index (χ0n) is 17.8. The summed E-state index contributed by atoms with van der Waals surface area (Å²) in [5.74, 6) is -0.507. The van der Waals surface area contributed by atoms with Crippen LogP contribution < -0.4 is 10.6 Å². The smallest absolute Gasteiger partial charge is 0.234 e. The molecule has 1 aliphatic rings. The molecule has 0 aromatic heterocycles. The number of nitriles is 1. The van der Waals surface area contributed by atoms with Crippen molar-refractivity contribution in [2.45, 2.75) is 37.5 Å². The number of carbonyl (C=O) groups excluding carboxylic acids is 2. The Kier molecular flexibility index (Phi) is 7.83. The van der Waals surface area contributed by atoms with E-state index in [1.54, 1.807) is 11.8 Å². The van der Waals surface area contributed by atoms with Crippen molar-refractivity contribution in [2.75, 3.05) is 17.3 Å². The van der Waals surface area contributed by atoms with Crippen LogP contribution in [0.4, 0.5) is 5.69 Å². The van der Waals surface area contributed by atoms with Gasteiger partial charge in [0.15, 0.2) is 0 Å². The highest BCUT2D eigenvalue weighted by Crippen LogP contribution is 2.36. The van der Waals surface area contributed by atoms with Crippen molar-refractivity contribution >= 4 is 41.0 Å². The quantitative estimate of drug-likeness (QED) is 0.580. The van der Waals surface area contributed by atoms with Gasteiger partial charge in [0.05, 0.1) is 22.4 Å². The Balaban J connectivity index is 1.77. The van der Waals surface area contributed by atoms with Crippen molar-refractivity contribution in [1.82, 2.24) is 5.32 Å². The summed E-state index contributed by atoms with van der Waals surface area (Å²) in [7, 11) is 0. The summed E-state index contributed by atoms with van der Waals surface area (Å²) >= 11 is 2.84. The van der Waals surface area contributed by atoms with Gasteiger partial charge in [0.2, 0.25) is 11.8 Å². The van der Waals surface area contributed by atoms with Crippen molar-refractivity contribution in [2.24, 2.45) is 0 Å². The van der Waals surface area contributed by atoms with Crippen molar-refractivity contribution in [3.05, 3.63) is 69.8 Å². The van der Waals surface area contributed by atoms with Crippen molar-refractivity contribution in [3.8, 4) is 6.07 Å². The van der Waals surface area contributed by atoms with Crippen LogP contribution in [0.15, 0.2) is 58.0 Å². The van der Waals surface area contributed by atoms with E-state index in [-0.39, 0.29) is 29.9 Å². The van der Waals surface area contributed by atoms with Gasteiger partial charge in [-0.2, -0.15) is 5.26 Å². The van der Waals surface area contributed by atoms with Crippen LogP contribution in [0.25, 0.3) is 0 Å². The second-order valence-electron chi connectivity index (χ2n) is 7.23. The SMILES string of the molecule is CCc1cccc(C)c1NC(=O)CSC1=C(C#N)[C@@H](c2ccc(SC)cc2)CC(=O)N1. The molecule has 0 unspecified atom stereocenters. The second-order valence-corrected chi connectivity index (χ2v) is 9.10. The molecular formula is C24H25N3O2S2. The molecule has 0 fully saturated rings. The van der Waals surface area contributed by atoms with Gasteiger partial charge in [-0.05, 0) is 48.4 Å². The number of rotatable bonds is 7. The number of benzene rings is 2. The minimum Gasteiger partial charge on any atom is -0.325 e. The van der Waals surface area contributed by atoms with Gasteiger partial charge in [0.25, 0.3) is 0 Å². The standard InChI is InChI=1S/C24H25N3O2S2/c1-4-16-7-5-6-15(2)23(16)26-22(29)14-31-24-20(13-25)19(12-21(28)27-24)17-8-10-18(30-3)11-9-17/h5-11,19H,4,12,14H2,1-3H3,(H,26,29)(H,27,28)/t19-/m1/s1. The Labute approximate surface area is 191 Å². The summed E-state index contributed by atoms with van der Waals surface area (Å²) in [6.07, 6.45) is 3.05. The zero-order chi connectivity index (χ0) is 22.4. The summed E-state index contributed by atoms with van der Waals surface area (Å²) in [5.41, 5.74) is 4.35. The van der Waals surface area contributed by atoms with Gasteiger partial charge in [0, 0.05) is 22.9 Å². The van der Waals surface area contributed by atoms with E-state index in [0.29, 0.717) is 10.6 Å². The third kappa shape index (κ3) is 5.52. The van der Waals surface area contributed by atoms with Crippen molar-refractivity contribution in [3.63, 3.8) is 0 Å². The monoisotopic (exact) mass is 451 g/mol. The lowest BCUT2D eigenvalue weighted by molar-refractivity contribution is -0.121. The van der Waals surface area contributed by atoms with Gasteiger partial charge in [-0.3, -0.25) is 9.59 Å². The first-order valence-electron chi connectivity index (χ1n) is 10.1. The van der Waals surface area contributed by atoms with Gasteiger partial charge < -0.3 is 10.6 Å². The van der Waals surface area contributed by atoms with Crippen LogP contribution in [-0.2, 0) is 16.0 Å². The lowest BCUT2D eigenvalue weighted by Crippen LogP contribution is -2.31. The summed E-state index contributed by atoms with van der Waals surface area (Å²) in [6, 6.07) is 16.1. The first-order valence-corrected chi connectivity index (χ1v) is 12.3. The van der Waals surface area contributed by atoms with Gasteiger partial charge in [0.1, 0.15) is 0 Å². The molecule has 0 aliphatic carbocycles. The lowest BCUT2D eigenvalue weighted by atomic mass is 9.87. The number of thioether (sulfide) groups is 2. The molecule has 2 amide bonds. The topological polar surface area (TPSA) is 82.0 Å². The molecule has 1 aliphatic heterocycles. The summed E-state index contributed by atoms with van der Waals surface area (Å²) in [6.45, 7) is 4.01. The molecule has 2 aromatic rings. The molecule has 2 aromatic carbocycles. The van der Waals surface area contributed by atoms with Gasteiger partial charge in [-0.25, -0.2) is 0 Å². The van der Waals surface area contributed by atoms with E-state index in [0.717, 1.165) is 33.7 Å². The van der Waals surface area contributed by atoms with Crippen LogP contribution in [0, 0.1) is 18.3 Å². The Bertz CT molecular complexity index is 1060. The number of hydrogen-bond donors (Lipinski definition) is 2. The molecule has 0 bridgehead atoms. The fourth-order valence-electron chi connectivity index (χ4n) is 3.57. The molecule has 31 heavy (non-hydrogen) atoms. The number of amides is 2. The predicted octanol–water partition coefficient (Wildman–Crippen LogP) is 4.99. The second kappa shape index (κ2) is 10.6. The average molecular weight is 452 g/mol. The fourth-order valence-corrected chi connectivity index (χ4v) is 4.85. The van der Waals surface area contributed by atoms with E-state index in [1.165, 1.54) is 11.8 Å². The maximum atomic E-state index is 12.6. The summed E-state index contributed by atoms with van der Waals surface area (Å²) in [4.78, 5) is 26.1. The van der Waals surface area contributed by atoms with Gasteiger partial charge in [-0.1, -0.05) is 49.0 Å². The Hall–Kier alpha value is -2.69. The van der Waals surface area contributed by atoms with Crippen LogP contribution in [0.5, 0.6) is 0 Å². The Morgan fingerprint density at radius 1 is 1.26 bits per heavy atom. The maximum Gasteiger partial charge on any atom is 0.234 e. The average Bonchev–Trinajstić information content (AvgIpc) is 2.78. The van der Waals surface area contributed by atoms with E-state index in [4.69, 9.17) is 0 Å². The molecule has 0 spiro atoms. The molecular weight excluding hydrogens is 426 g/mol. The summed E-state index contributed by atoms with van der Waals surface area (Å²) < 4.78 is 0. The third-order valence-electron chi connectivity index (χ3n) is 5.23. The fraction of sp³-hybridized carbons (Fsp3) is 0.292. The zero-order valence-corrected chi connectivity index (χ0v) is 19.5. The normalized spacial score (nSPS) is 15.9. The number of hydrogen-bond acceptors (Lipinski definition) is 5. The Morgan fingerprint density at radius 2 is 2.00 bits per heavy atom. The summed E-state index contributed by atoms with van der Waals surface area (Å²) in [5, 5.41) is 16.1. The third-order valence-corrected chi connectivity index (χ3v) is 6.99. The minimum absolute atomic E-state index is 0.108. The van der Waals surface area contributed by atoms with Crippen LogP contribution in [-0.4, -0.2) is 23.8 Å². The van der Waals surface area contributed by atoms with Crippen LogP contribution in [0.2, 0.25) is 0 Å². The highest BCUT2D eigenvalue weighted by Gasteiger charge is 2.30. The van der Waals surface area contributed by atoms with E-state index < -0.39 is 0 Å². The molecule has 1 heterocycles. The number of para-hydroxylation sites is 1. The Morgan fingerprint density at radius 3 is 2.65 bits per heavy atom. The molecule has 1 atom stereocenters. The molecule has 5 nitrogen and oxygen atoms in total. The molecule has 0 radical (unpaired) electrons. The number of aryl methyl sites for hydroxylation is 2. The van der Waals surface area contributed by atoms with Crippen molar-refractivity contribution < 1.29 is 9.59 Å². The molecule has 3 rings (SSSR count).